The van der Waals surface area contributed by atoms with Crippen molar-refractivity contribution in [3.63, 3.8) is 0 Å². The number of nitrogens with zero attached hydrogens (tertiary/aromatic N) is 1. The lowest BCUT2D eigenvalue weighted by molar-refractivity contribution is 0.0877. The normalized spacial score (nSPS) is 14.7. The molecule has 0 aromatic heterocycles. The molecule has 1 N–H and O–H groups in total. The summed E-state index contributed by atoms with van der Waals surface area (Å²) in [5.41, 5.74) is 7.96. The molecule has 0 bridgehead atoms. The van der Waals surface area contributed by atoms with Gasteiger partial charge in [0.1, 0.15) is 18.1 Å². The van der Waals surface area contributed by atoms with Crippen molar-refractivity contribution in [2.45, 2.75) is 52.1 Å². The van der Waals surface area contributed by atoms with Crippen LogP contribution in [0.4, 0.5) is 0 Å². The Morgan fingerprint density at radius 2 is 1.49 bits per heavy atom. The number of rotatable bonds is 8. The van der Waals surface area contributed by atoms with Crippen LogP contribution in [0, 0.1) is 0 Å². The van der Waals surface area contributed by atoms with Crippen molar-refractivity contribution in [1.82, 2.24) is 4.90 Å². The molecule has 190 valence electrons. The van der Waals surface area contributed by atoms with Crippen molar-refractivity contribution in [2.75, 3.05) is 7.11 Å². The summed E-state index contributed by atoms with van der Waals surface area (Å²) in [7, 11) is 1.74. The predicted molar refractivity (Wildman–Crippen MR) is 149 cm³/mol. The minimum absolute atomic E-state index is 0.0396. The predicted octanol–water partition coefficient (Wildman–Crippen LogP) is 6.77. The standard InChI is InChI=1S/C33H35NO3/c1-33(2)19-30-29(16-17-32(36-3)31(30)21-34(33)20-24-10-6-4-7-11-24)28-15-14-27(18-26(28)22-35)37-23-25-12-8-5-9-13-25/h4-18,35H,19-23H2,1-3H3. The number of hydrogen-bond donors (Lipinski definition) is 1. The van der Waals surface area contributed by atoms with Crippen molar-refractivity contribution in [2.24, 2.45) is 0 Å². The van der Waals surface area contributed by atoms with E-state index in [1.165, 1.54) is 16.7 Å². The van der Waals surface area contributed by atoms with Crippen LogP contribution in [0.15, 0.2) is 91.0 Å². The first kappa shape index (κ1) is 25.1. The monoisotopic (exact) mass is 493 g/mol. The summed E-state index contributed by atoms with van der Waals surface area (Å²) in [4.78, 5) is 2.53. The Hall–Kier alpha value is -3.60. The number of fused-ring (bicyclic) bond motifs is 1. The van der Waals surface area contributed by atoms with Gasteiger partial charge in [0.25, 0.3) is 0 Å². The average molecular weight is 494 g/mol. The van der Waals surface area contributed by atoms with Gasteiger partial charge in [0, 0.05) is 24.2 Å². The molecular formula is C33H35NO3. The molecule has 0 atom stereocenters. The van der Waals surface area contributed by atoms with Crippen molar-refractivity contribution >= 4 is 0 Å². The molecule has 0 spiro atoms. The fraction of sp³-hybridized carbons (Fsp3) is 0.273. The lowest BCUT2D eigenvalue weighted by Crippen LogP contribution is -2.48. The van der Waals surface area contributed by atoms with Crippen LogP contribution >= 0.6 is 0 Å². The zero-order valence-electron chi connectivity index (χ0n) is 21.9. The van der Waals surface area contributed by atoms with E-state index in [9.17, 15) is 5.11 Å². The molecule has 0 unspecified atom stereocenters. The van der Waals surface area contributed by atoms with Gasteiger partial charge in [-0.25, -0.2) is 0 Å². The molecule has 0 aliphatic carbocycles. The number of benzene rings is 4. The Morgan fingerprint density at radius 3 is 2.16 bits per heavy atom. The van der Waals surface area contributed by atoms with Gasteiger partial charge in [0.2, 0.25) is 0 Å². The van der Waals surface area contributed by atoms with E-state index in [1.54, 1.807) is 7.11 Å². The molecule has 4 aromatic carbocycles. The number of ether oxygens (including phenoxy) is 2. The van der Waals surface area contributed by atoms with E-state index in [2.05, 4.69) is 67.3 Å². The highest BCUT2D eigenvalue weighted by Crippen LogP contribution is 2.42. The van der Waals surface area contributed by atoms with Gasteiger partial charge in [-0.05, 0) is 71.8 Å². The number of hydrogen-bond acceptors (Lipinski definition) is 4. The van der Waals surface area contributed by atoms with Crippen molar-refractivity contribution in [3.05, 3.63) is 119 Å². The highest BCUT2D eigenvalue weighted by atomic mass is 16.5. The maximum absolute atomic E-state index is 10.3. The van der Waals surface area contributed by atoms with E-state index < -0.39 is 0 Å². The molecule has 5 rings (SSSR count). The SMILES string of the molecule is COc1ccc(-c2ccc(OCc3ccccc3)cc2CO)c2c1CN(Cc1ccccc1)C(C)(C)C2. The van der Waals surface area contributed by atoms with Crippen LogP contribution in [-0.2, 0) is 32.7 Å². The van der Waals surface area contributed by atoms with E-state index in [1.807, 2.05) is 42.5 Å². The second-order valence-corrected chi connectivity index (χ2v) is 10.4. The highest BCUT2D eigenvalue weighted by Gasteiger charge is 2.35. The minimum Gasteiger partial charge on any atom is -0.496 e. The van der Waals surface area contributed by atoms with Gasteiger partial charge in [-0.3, -0.25) is 4.90 Å². The molecule has 1 heterocycles. The smallest absolute Gasteiger partial charge is 0.123 e. The largest absolute Gasteiger partial charge is 0.496 e. The molecule has 0 amide bonds. The first-order valence-corrected chi connectivity index (χ1v) is 12.9. The molecule has 1 aliphatic rings. The quantitative estimate of drug-likeness (QED) is 0.294. The second-order valence-electron chi connectivity index (χ2n) is 10.4. The van der Waals surface area contributed by atoms with Gasteiger partial charge in [-0.1, -0.05) is 72.8 Å². The fourth-order valence-electron chi connectivity index (χ4n) is 5.31. The lowest BCUT2D eigenvalue weighted by atomic mass is 9.80. The zero-order chi connectivity index (χ0) is 25.8. The molecule has 4 aromatic rings. The third-order valence-corrected chi connectivity index (χ3v) is 7.42. The lowest BCUT2D eigenvalue weighted by Gasteiger charge is -2.44. The Morgan fingerprint density at radius 1 is 0.811 bits per heavy atom. The Bertz CT molecular complexity index is 1350. The Balaban J connectivity index is 1.48. The van der Waals surface area contributed by atoms with E-state index >= 15 is 0 Å². The summed E-state index contributed by atoms with van der Waals surface area (Å²) in [6.45, 7) is 6.76. The van der Waals surface area contributed by atoms with Crippen LogP contribution in [0.25, 0.3) is 11.1 Å². The minimum atomic E-state index is -0.0534. The van der Waals surface area contributed by atoms with Gasteiger partial charge in [0.15, 0.2) is 0 Å². The first-order chi connectivity index (χ1) is 18.0. The van der Waals surface area contributed by atoms with Gasteiger partial charge < -0.3 is 14.6 Å². The maximum Gasteiger partial charge on any atom is 0.123 e. The molecule has 0 radical (unpaired) electrons. The fourth-order valence-corrected chi connectivity index (χ4v) is 5.31. The molecule has 4 nitrogen and oxygen atoms in total. The van der Waals surface area contributed by atoms with Gasteiger partial charge >= 0.3 is 0 Å². The highest BCUT2D eigenvalue weighted by molar-refractivity contribution is 5.74. The van der Waals surface area contributed by atoms with E-state index in [0.29, 0.717) is 6.61 Å². The summed E-state index contributed by atoms with van der Waals surface area (Å²) in [5.74, 6) is 1.68. The molecular weight excluding hydrogens is 458 g/mol. The number of methoxy groups -OCH3 is 1. The molecule has 4 heteroatoms. The van der Waals surface area contributed by atoms with Crippen LogP contribution in [0.3, 0.4) is 0 Å². The molecule has 0 saturated heterocycles. The van der Waals surface area contributed by atoms with Gasteiger partial charge in [0.05, 0.1) is 13.7 Å². The summed E-state index contributed by atoms with van der Waals surface area (Å²) >= 11 is 0. The van der Waals surface area contributed by atoms with E-state index in [-0.39, 0.29) is 12.1 Å². The number of aliphatic hydroxyl groups excluding tert-OH is 1. The van der Waals surface area contributed by atoms with Crippen LogP contribution in [0.5, 0.6) is 11.5 Å². The summed E-state index contributed by atoms with van der Waals surface area (Å²) in [6.07, 6.45) is 0.888. The molecule has 37 heavy (non-hydrogen) atoms. The summed E-state index contributed by atoms with van der Waals surface area (Å²) < 4.78 is 11.9. The zero-order valence-corrected chi connectivity index (χ0v) is 21.9. The second kappa shape index (κ2) is 10.8. The Kier molecular flexibility index (Phi) is 7.31. The van der Waals surface area contributed by atoms with Crippen LogP contribution in [0.1, 0.15) is 41.7 Å². The third kappa shape index (κ3) is 5.41. The van der Waals surface area contributed by atoms with Crippen LogP contribution in [0.2, 0.25) is 0 Å². The average Bonchev–Trinajstić information content (AvgIpc) is 2.92. The first-order valence-electron chi connectivity index (χ1n) is 12.9. The summed E-state index contributed by atoms with van der Waals surface area (Å²) in [5, 5.41) is 10.3. The molecule has 0 saturated carbocycles. The summed E-state index contributed by atoms with van der Waals surface area (Å²) in [6, 6.07) is 31.0. The van der Waals surface area contributed by atoms with Crippen molar-refractivity contribution < 1.29 is 14.6 Å². The Labute approximate surface area is 220 Å². The molecule has 0 fully saturated rings. The topological polar surface area (TPSA) is 41.9 Å². The van der Waals surface area contributed by atoms with Crippen LogP contribution in [-0.4, -0.2) is 22.7 Å². The van der Waals surface area contributed by atoms with Crippen molar-refractivity contribution in [3.8, 4) is 22.6 Å². The van der Waals surface area contributed by atoms with Gasteiger partial charge in [-0.2, -0.15) is 0 Å². The third-order valence-electron chi connectivity index (χ3n) is 7.42. The van der Waals surface area contributed by atoms with Crippen molar-refractivity contribution in [1.29, 1.82) is 0 Å². The van der Waals surface area contributed by atoms with E-state index in [4.69, 9.17) is 9.47 Å². The van der Waals surface area contributed by atoms with Gasteiger partial charge in [-0.15, -0.1) is 0 Å². The van der Waals surface area contributed by atoms with Crippen LogP contribution < -0.4 is 9.47 Å². The maximum atomic E-state index is 10.3. The van der Waals surface area contributed by atoms with E-state index in [0.717, 1.165) is 53.3 Å². The number of aliphatic hydroxyl groups is 1. The molecule has 1 aliphatic heterocycles.